The Morgan fingerprint density at radius 2 is 1.76 bits per heavy atom. The molecule has 2 fully saturated rings. The SMILES string of the molecule is CN1[C@H]2CC[C@H]1CC(NCc1ccccc1)C2. The Morgan fingerprint density at radius 1 is 1.12 bits per heavy atom. The van der Waals surface area contributed by atoms with Gasteiger partial charge in [0.1, 0.15) is 0 Å². The molecular formula is C15H22N2. The van der Waals surface area contributed by atoms with Gasteiger partial charge in [0, 0.05) is 24.7 Å². The smallest absolute Gasteiger partial charge is 0.0208 e. The van der Waals surface area contributed by atoms with Gasteiger partial charge in [0.15, 0.2) is 0 Å². The van der Waals surface area contributed by atoms with Crippen molar-refractivity contribution in [2.24, 2.45) is 0 Å². The highest BCUT2D eigenvalue weighted by atomic mass is 15.2. The normalized spacial score (nSPS) is 32.9. The summed E-state index contributed by atoms with van der Waals surface area (Å²) in [6, 6.07) is 13.1. The first-order valence-corrected chi connectivity index (χ1v) is 6.82. The van der Waals surface area contributed by atoms with Crippen LogP contribution >= 0.6 is 0 Å². The lowest BCUT2D eigenvalue weighted by Gasteiger charge is -2.36. The first-order chi connectivity index (χ1) is 8.33. The molecular weight excluding hydrogens is 208 g/mol. The molecule has 2 heterocycles. The quantitative estimate of drug-likeness (QED) is 0.858. The van der Waals surface area contributed by atoms with E-state index < -0.39 is 0 Å². The Balaban J connectivity index is 1.54. The molecule has 1 N–H and O–H groups in total. The molecule has 0 saturated carbocycles. The molecule has 0 radical (unpaired) electrons. The molecule has 3 rings (SSSR count). The average molecular weight is 230 g/mol. The lowest BCUT2D eigenvalue weighted by atomic mass is 9.98. The third-order valence-electron chi connectivity index (χ3n) is 4.54. The Kier molecular flexibility index (Phi) is 3.17. The Bertz CT molecular complexity index is 348. The number of benzene rings is 1. The molecule has 2 aliphatic heterocycles. The Labute approximate surface area is 104 Å². The fourth-order valence-corrected chi connectivity index (χ4v) is 3.44. The van der Waals surface area contributed by atoms with Crippen molar-refractivity contribution in [2.45, 2.75) is 50.4 Å². The van der Waals surface area contributed by atoms with E-state index in [2.05, 4.69) is 47.6 Å². The van der Waals surface area contributed by atoms with E-state index in [4.69, 9.17) is 0 Å². The van der Waals surface area contributed by atoms with Gasteiger partial charge in [-0.25, -0.2) is 0 Å². The van der Waals surface area contributed by atoms with Crippen LogP contribution in [0.4, 0.5) is 0 Å². The topological polar surface area (TPSA) is 15.3 Å². The lowest BCUT2D eigenvalue weighted by Crippen LogP contribution is -2.46. The average Bonchev–Trinajstić information content (AvgIpc) is 2.61. The van der Waals surface area contributed by atoms with Gasteiger partial charge in [-0.15, -0.1) is 0 Å². The third-order valence-corrected chi connectivity index (χ3v) is 4.54. The van der Waals surface area contributed by atoms with Crippen LogP contribution in [0.3, 0.4) is 0 Å². The van der Waals surface area contributed by atoms with E-state index >= 15 is 0 Å². The lowest BCUT2D eigenvalue weighted by molar-refractivity contribution is 0.148. The molecule has 92 valence electrons. The van der Waals surface area contributed by atoms with E-state index in [1.54, 1.807) is 0 Å². The molecule has 1 aromatic rings. The molecule has 2 saturated heterocycles. The monoisotopic (exact) mass is 230 g/mol. The molecule has 0 unspecified atom stereocenters. The van der Waals surface area contributed by atoms with E-state index in [0.717, 1.165) is 24.7 Å². The van der Waals surface area contributed by atoms with Gasteiger partial charge in [-0.1, -0.05) is 30.3 Å². The number of rotatable bonds is 3. The van der Waals surface area contributed by atoms with Gasteiger partial charge in [-0.05, 0) is 38.3 Å². The zero-order chi connectivity index (χ0) is 11.7. The van der Waals surface area contributed by atoms with Crippen LogP contribution in [0.5, 0.6) is 0 Å². The van der Waals surface area contributed by atoms with Gasteiger partial charge in [0.05, 0.1) is 0 Å². The van der Waals surface area contributed by atoms with Crippen molar-refractivity contribution in [3.05, 3.63) is 35.9 Å². The standard InChI is InChI=1S/C15H22N2/c1-17-14-7-8-15(17)10-13(9-14)16-11-12-5-3-2-4-6-12/h2-6,13-16H,7-11H2,1H3/t14-,15-/m0/s1. The second-order valence-corrected chi connectivity index (χ2v) is 5.59. The maximum Gasteiger partial charge on any atom is 0.0208 e. The summed E-state index contributed by atoms with van der Waals surface area (Å²) >= 11 is 0. The second-order valence-electron chi connectivity index (χ2n) is 5.59. The van der Waals surface area contributed by atoms with Gasteiger partial charge in [-0.2, -0.15) is 0 Å². The van der Waals surface area contributed by atoms with Crippen molar-refractivity contribution in [2.75, 3.05) is 7.05 Å². The predicted molar refractivity (Wildman–Crippen MR) is 70.9 cm³/mol. The highest BCUT2D eigenvalue weighted by Crippen LogP contribution is 2.34. The Hall–Kier alpha value is -0.860. The summed E-state index contributed by atoms with van der Waals surface area (Å²) in [5.74, 6) is 0. The summed E-state index contributed by atoms with van der Waals surface area (Å²) in [4.78, 5) is 2.60. The van der Waals surface area contributed by atoms with Crippen LogP contribution in [-0.2, 0) is 6.54 Å². The molecule has 1 aromatic carbocycles. The molecule has 2 nitrogen and oxygen atoms in total. The predicted octanol–water partition coefficient (Wildman–Crippen LogP) is 2.40. The molecule has 2 bridgehead atoms. The van der Waals surface area contributed by atoms with E-state index in [1.165, 1.54) is 31.2 Å². The van der Waals surface area contributed by atoms with Gasteiger partial charge in [-0.3, -0.25) is 0 Å². The molecule has 0 aliphatic carbocycles. The minimum atomic E-state index is 0.726. The molecule has 17 heavy (non-hydrogen) atoms. The van der Waals surface area contributed by atoms with Crippen molar-refractivity contribution in [3.63, 3.8) is 0 Å². The van der Waals surface area contributed by atoms with Crippen molar-refractivity contribution in [3.8, 4) is 0 Å². The van der Waals surface area contributed by atoms with Crippen LogP contribution in [0.15, 0.2) is 30.3 Å². The number of nitrogens with zero attached hydrogens (tertiary/aromatic N) is 1. The number of hydrogen-bond donors (Lipinski definition) is 1. The Morgan fingerprint density at radius 3 is 2.41 bits per heavy atom. The summed E-state index contributed by atoms with van der Waals surface area (Å²) in [6.07, 6.45) is 5.48. The number of fused-ring (bicyclic) bond motifs is 2. The van der Waals surface area contributed by atoms with Crippen LogP contribution in [0.25, 0.3) is 0 Å². The van der Waals surface area contributed by atoms with Gasteiger partial charge < -0.3 is 10.2 Å². The number of piperidine rings is 1. The minimum absolute atomic E-state index is 0.726. The van der Waals surface area contributed by atoms with Gasteiger partial charge >= 0.3 is 0 Å². The first kappa shape index (κ1) is 11.2. The zero-order valence-electron chi connectivity index (χ0n) is 10.6. The molecule has 0 aromatic heterocycles. The van der Waals surface area contributed by atoms with Gasteiger partial charge in [0.2, 0.25) is 0 Å². The summed E-state index contributed by atoms with van der Waals surface area (Å²) in [5.41, 5.74) is 1.40. The maximum atomic E-state index is 3.73. The molecule has 2 atom stereocenters. The third kappa shape index (κ3) is 2.38. The van der Waals surface area contributed by atoms with Crippen LogP contribution in [0, 0.1) is 0 Å². The highest BCUT2D eigenvalue weighted by molar-refractivity contribution is 5.14. The van der Waals surface area contributed by atoms with Crippen molar-refractivity contribution in [1.29, 1.82) is 0 Å². The second kappa shape index (κ2) is 4.79. The first-order valence-electron chi connectivity index (χ1n) is 6.82. The summed E-state index contributed by atoms with van der Waals surface area (Å²) in [6.45, 7) is 1.02. The number of hydrogen-bond acceptors (Lipinski definition) is 2. The zero-order valence-corrected chi connectivity index (χ0v) is 10.6. The molecule has 0 amide bonds. The molecule has 0 spiro atoms. The molecule has 2 heteroatoms. The minimum Gasteiger partial charge on any atom is -0.310 e. The fourth-order valence-electron chi connectivity index (χ4n) is 3.44. The van der Waals surface area contributed by atoms with Crippen molar-refractivity contribution >= 4 is 0 Å². The molecule has 2 aliphatic rings. The maximum absolute atomic E-state index is 3.73. The summed E-state index contributed by atoms with van der Waals surface area (Å²) in [5, 5.41) is 3.73. The van der Waals surface area contributed by atoms with Crippen LogP contribution in [0.1, 0.15) is 31.2 Å². The van der Waals surface area contributed by atoms with Crippen molar-refractivity contribution in [1.82, 2.24) is 10.2 Å². The number of nitrogens with one attached hydrogen (secondary N) is 1. The van der Waals surface area contributed by atoms with Crippen molar-refractivity contribution < 1.29 is 0 Å². The van der Waals surface area contributed by atoms with Crippen LogP contribution in [0.2, 0.25) is 0 Å². The van der Waals surface area contributed by atoms with E-state index in [-0.39, 0.29) is 0 Å². The fraction of sp³-hybridized carbons (Fsp3) is 0.600. The van der Waals surface area contributed by atoms with E-state index in [1.807, 2.05) is 0 Å². The largest absolute Gasteiger partial charge is 0.310 e. The van der Waals surface area contributed by atoms with E-state index in [0.29, 0.717) is 0 Å². The van der Waals surface area contributed by atoms with Gasteiger partial charge in [0.25, 0.3) is 0 Å². The van der Waals surface area contributed by atoms with Crippen LogP contribution in [-0.4, -0.2) is 30.1 Å². The summed E-state index contributed by atoms with van der Waals surface area (Å²) < 4.78 is 0. The highest BCUT2D eigenvalue weighted by Gasteiger charge is 2.37. The summed E-state index contributed by atoms with van der Waals surface area (Å²) in [7, 11) is 2.30. The van der Waals surface area contributed by atoms with E-state index in [9.17, 15) is 0 Å². The van der Waals surface area contributed by atoms with Crippen LogP contribution < -0.4 is 5.32 Å².